The normalized spacial score (nSPS) is 11.9. The smallest absolute Gasteiger partial charge is 0.387 e. The Hall–Kier alpha value is -2.98. The summed E-state index contributed by atoms with van der Waals surface area (Å²) < 4.78 is 28.8. The van der Waals surface area contributed by atoms with Gasteiger partial charge in [0, 0.05) is 18.8 Å². The molecule has 0 fully saturated rings. The molecular weight excluding hydrogens is 364 g/mol. The van der Waals surface area contributed by atoms with Gasteiger partial charge in [-0.3, -0.25) is 9.69 Å². The van der Waals surface area contributed by atoms with Crippen molar-refractivity contribution in [2.45, 2.75) is 32.5 Å². The zero-order chi connectivity index (χ0) is 20.5. The van der Waals surface area contributed by atoms with Gasteiger partial charge in [0.15, 0.2) is 0 Å². The van der Waals surface area contributed by atoms with E-state index in [-0.39, 0.29) is 18.1 Å². The van der Waals surface area contributed by atoms with Gasteiger partial charge in [0.25, 0.3) is 0 Å². The predicted molar refractivity (Wildman–Crippen MR) is 103 cm³/mol. The van der Waals surface area contributed by atoms with Crippen molar-refractivity contribution in [3.8, 4) is 11.8 Å². The Balaban J connectivity index is 2.06. The fourth-order valence-corrected chi connectivity index (χ4v) is 2.75. The van der Waals surface area contributed by atoms with Gasteiger partial charge in [-0.15, -0.1) is 0 Å². The molecule has 0 bridgehead atoms. The van der Waals surface area contributed by atoms with Gasteiger partial charge in [0.2, 0.25) is 5.91 Å². The summed E-state index contributed by atoms with van der Waals surface area (Å²) in [6.07, 6.45) is 0.239. The first-order chi connectivity index (χ1) is 13.4. The lowest BCUT2D eigenvalue weighted by atomic mass is 10.1. The van der Waals surface area contributed by atoms with Crippen molar-refractivity contribution in [2.24, 2.45) is 0 Å². The summed E-state index contributed by atoms with van der Waals surface area (Å²) in [5.41, 5.74) is 1.61. The number of ether oxygens (including phenoxy) is 1. The van der Waals surface area contributed by atoms with E-state index in [1.54, 1.807) is 24.0 Å². The van der Waals surface area contributed by atoms with Crippen LogP contribution in [0.5, 0.6) is 5.75 Å². The Morgan fingerprint density at radius 3 is 2.36 bits per heavy atom. The molecule has 0 aliphatic carbocycles. The van der Waals surface area contributed by atoms with Gasteiger partial charge in [-0.05, 0) is 43.8 Å². The van der Waals surface area contributed by atoms with Gasteiger partial charge in [0.1, 0.15) is 5.75 Å². The fourth-order valence-electron chi connectivity index (χ4n) is 2.75. The fraction of sp³-hybridized carbons (Fsp3) is 0.333. The molecule has 148 valence electrons. The zero-order valence-electron chi connectivity index (χ0n) is 15.9. The van der Waals surface area contributed by atoms with Crippen molar-refractivity contribution in [2.75, 3.05) is 18.5 Å². The van der Waals surface area contributed by atoms with Crippen LogP contribution in [0.3, 0.4) is 0 Å². The highest BCUT2D eigenvalue weighted by Crippen LogP contribution is 2.19. The lowest BCUT2D eigenvalue weighted by molar-refractivity contribution is -0.123. The topological polar surface area (TPSA) is 56.6 Å². The second-order valence-corrected chi connectivity index (χ2v) is 6.35. The molecule has 0 saturated carbocycles. The lowest BCUT2D eigenvalue weighted by Gasteiger charge is -2.30. The van der Waals surface area contributed by atoms with E-state index in [2.05, 4.69) is 10.8 Å². The van der Waals surface area contributed by atoms with Gasteiger partial charge < -0.3 is 9.64 Å². The van der Waals surface area contributed by atoms with Crippen molar-refractivity contribution in [3.05, 3.63) is 60.2 Å². The number of hydrogen-bond donors (Lipinski definition) is 0. The van der Waals surface area contributed by atoms with Crippen LogP contribution < -0.4 is 9.64 Å². The number of hydrogen-bond acceptors (Lipinski definition) is 4. The van der Waals surface area contributed by atoms with Crippen LogP contribution in [-0.2, 0) is 11.3 Å². The lowest BCUT2D eigenvalue weighted by Crippen LogP contribution is -2.46. The number of carbonyl (C=O) groups excluding carboxylic acids is 1. The van der Waals surface area contributed by atoms with Crippen LogP contribution in [0.4, 0.5) is 14.5 Å². The summed E-state index contributed by atoms with van der Waals surface area (Å²) in [6, 6.07) is 17.2. The summed E-state index contributed by atoms with van der Waals surface area (Å²) >= 11 is 0. The molecule has 0 saturated heterocycles. The van der Waals surface area contributed by atoms with Crippen molar-refractivity contribution in [1.29, 1.82) is 5.26 Å². The minimum absolute atomic E-state index is 0.0947. The molecule has 0 spiro atoms. The summed E-state index contributed by atoms with van der Waals surface area (Å²) in [5.74, 6) is -0.0149. The standard InChI is InChI=1S/C21H23F2N3O2/c1-16(20(27)26(14-6-13-24)18-7-4-3-5-8-18)25(2)15-17-9-11-19(12-10-17)28-21(22)23/h3-5,7-12,16,21H,6,14-15H2,1-2H3. The third-order valence-corrected chi connectivity index (χ3v) is 4.38. The predicted octanol–water partition coefficient (Wildman–Crippen LogP) is 4.06. The highest BCUT2D eigenvalue weighted by Gasteiger charge is 2.25. The molecule has 1 amide bonds. The second-order valence-electron chi connectivity index (χ2n) is 6.35. The number of amides is 1. The zero-order valence-corrected chi connectivity index (χ0v) is 15.9. The van der Waals surface area contributed by atoms with Crippen LogP contribution in [0.25, 0.3) is 0 Å². The van der Waals surface area contributed by atoms with Crippen LogP contribution in [0.2, 0.25) is 0 Å². The van der Waals surface area contributed by atoms with Crippen LogP contribution in [-0.4, -0.2) is 37.1 Å². The van der Waals surface area contributed by atoms with E-state index in [1.165, 1.54) is 12.1 Å². The maximum atomic E-state index is 13.0. The molecule has 28 heavy (non-hydrogen) atoms. The molecule has 7 heteroatoms. The monoisotopic (exact) mass is 387 g/mol. The second kappa shape index (κ2) is 10.4. The number of benzene rings is 2. The highest BCUT2D eigenvalue weighted by atomic mass is 19.3. The van der Waals surface area contributed by atoms with Crippen LogP contribution >= 0.6 is 0 Å². The Morgan fingerprint density at radius 2 is 1.79 bits per heavy atom. The molecule has 2 aromatic carbocycles. The molecule has 0 aliphatic heterocycles. The molecule has 0 aromatic heterocycles. The van der Waals surface area contributed by atoms with Crippen molar-refractivity contribution in [3.63, 3.8) is 0 Å². The number of alkyl halides is 2. The number of likely N-dealkylation sites (N-methyl/N-ethyl adjacent to an activating group) is 1. The van der Waals surface area contributed by atoms with Gasteiger partial charge in [-0.2, -0.15) is 14.0 Å². The van der Waals surface area contributed by atoms with E-state index in [1.807, 2.05) is 42.3 Å². The SMILES string of the molecule is CC(C(=O)N(CCC#N)c1ccccc1)N(C)Cc1ccc(OC(F)F)cc1. The number of halogens is 2. The summed E-state index contributed by atoms with van der Waals surface area (Å²) in [5, 5.41) is 8.91. The third-order valence-electron chi connectivity index (χ3n) is 4.38. The average molecular weight is 387 g/mol. The van der Waals surface area contributed by atoms with E-state index >= 15 is 0 Å². The van der Waals surface area contributed by atoms with Gasteiger partial charge >= 0.3 is 6.61 Å². The molecule has 2 aromatic rings. The number of rotatable bonds is 9. The molecule has 5 nitrogen and oxygen atoms in total. The van der Waals surface area contributed by atoms with Crippen molar-refractivity contribution in [1.82, 2.24) is 4.90 Å². The molecule has 2 rings (SSSR count). The number of anilines is 1. The Bertz CT molecular complexity index is 792. The van der Waals surface area contributed by atoms with Crippen molar-refractivity contribution >= 4 is 11.6 Å². The first-order valence-corrected chi connectivity index (χ1v) is 8.89. The van der Waals surface area contributed by atoms with Crippen molar-refractivity contribution < 1.29 is 18.3 Å². The molecule has 1 unspecified atom stereocenters. The van der Waals surface area contributed by atoms with E-state index in [0.717, 1.165) is 11.3 Å². The molecule has 0 N–H and O–H groups in total. The minimum Gasteiger partial charge on any atom is -0.435 e. The van der Waals surface area contributed by atoms with E-state index in [0.29, 0.717) is 13.1 Å². The van der Waals surface area contributed by atoms with Crippen LogP contribution in [0, 0.1) is 11.3 Å². The minimum atomic E-state index is -2.86. The largest absolute Gasteiger partial charge is 0.435 e. The van der Waals surface area contributed by atoms with Gasteiger partial charge in [-0.1, -0.05) is 30.3 Å². The number of carbonyl (C=O) groups is 1. The molecule has 0 radical (unpaired) electrons. The van der Waals surface area contributed by atoms with Gasteiger partial charge in [-0.25, -0.2) is 0 Å². The Labute approximate surface area is 163 Å². The summed E-state index contributed by atoms with van der Waals surface area (Å²) in [4.78, 5) is 16.5. The van der Waals surface area contributed by atoms with E-state index in [9.17, 15) is 13.6 Å². The number of nitrogens with zero attached hydrogens (tertiary/aromatic N) is 3. The first-order valence-electron chi connectivity index (χ1n) is 8.89. The van der Waals surface area contributed by atoms with E-state index < -0.39 is 12.7 Å². The number of para-hydroxylation sites is 1. The quantitative estimate of drug-likeness (QED) is 0.651. The molecule has 1 atom stereocenters. The number of nitriles is 1. The summed E-state index contributed by atoms with van der Waals surface area (Å²) in [6.45, 7) is -0.276. The Kier molecular flexibility index (Phi) is 7.90. The first kappa shape index (κ1) is 21.3. The maximum Gasteiger partial charge on any atom is 0.387 e. The highest BCUT2D eigenvalue weighted by molar-refractivity contribution is 5.96. The maximum absolute atomic E-state index is 13.0. The van der Waals surface area contributed by atoms with Gasteiger partial charge in [0.05, 0.1) is 18.5 Å². The average Bonchev–Trinajstić information content (AvgIpc) is 2.69. The molecule has 0 heterocycles. The van der Waals surface area contributed by atoms with Crippen LogP contribution in [0.1, 0.15) is 18.9 Å². The van der Waals surface area contributed by atoms with E-state index in [4.69, 9.17) is 5.26 Å². The molecular formula is C21H23F2N3O2. The molecule has 0 aliphatic rings. The Morgan fingerprint density at radius 1 is 1.14 bits per heavy atom. The van der Waals surface area contributed by atoms with Crippen LogP contribution in [0.15, 0.2) is 54.6 Å². The summed E-state index contributed by atoms with van der Waals surface area (Å²) in [7, 11) is 1.82. The third kappa shape index (κ3) is 6.03.